The highest BCUT2D eigenvalue weighted by Crippen LogP contribution is 2.34. The van der Waals surface area contributed by atoms with Gasteiger partial charge in [0.05, 0.1) is 30.6 Å². The predicted octanol–water partition coefficient (Wildman–Crippen LogP) is 4.84. The lowest BCUT2D eigenvalue weighted by atomic mass is 10.1. The summed E-state index contributed by atoms with van der Waals surface area (Å²) in [6.45, 7) is 2.25. The second kappa shape index (κ2) is 9.13. The summed E-state index contributed by atoms with van der Waals surface area (Å²) in [5.41, 5.74) is 4.99. The molecule has 1 aliphatic heterocycles. The van der Waals surface area contributed by atoms with Crippen LogP contribution in [0.1, 0.15) is 49.3 Å². The fourth-order valence-corrected chi connectivity index (χ4v) is 4.99. The molecule has 1 fully saturated rings. The molecule has 5 rings (SSSR count). The number of hydrogen-bond donors (Lipinski definition) is 2. The topological polar surface area (TPSA) is 88.5 Å². The van der Waals surface area contributed by atoms with Crippen LogP contribution < -0.4 is 15.5 Å². The molecule has 2 N–H and O–H groups in total. The number of methoxy groups -OCH3 is 1. The number of carbonyl (C=O) groups is 2. The molecule has 0 radical (unpaired) electrons. The van der Waals surface area contributed by atoms with E-state index in [0.717, 1.165) is 25.9 Å². The smallest absolute Gasteiger partial charge is 0.434 e. The molecule has 33 heavy (non-hydrogen) atoms. The fraction of sp³-hybridized carbons (Fsp3) is 0.400. The molecule has 0 saturated carbocycles. The zero-order valence-corrected chi connectivity index (χ0v) is 18.8. The minimum atomic E-state index is -0.575. The van der Waals surface area contributed by atoms with Crippen LogP contribution in [0.3, 0.4) is 0 Å². The SMILES string of the molecule is COC(=O)n1ncc2c(NC(=O)NC3CCc4cc(N5CCCCCC5)ccc43)cccc21. The van der Waals surface area contributed by atoms with Crippen LogP contribution in [0.25, 0.3) is 10.9 Å². The molecule has 1 saturated heterocycles. The lowest BCUT2D eigenvalue weighted by molar-refractivity contribution is 0.170. The maximum absolute atomic E-state index is 12.8. The van der Waals surface area contributed by atoms with Gasteiger partial charge in [-0.3, -0.25) is 0 Å². The van der Waals surface area contributed by atoms with Gasteiger partial charge in [-0.25, -0.2) is 9.59 Å². The number of carbonyl (C=O) groups excluding carboxylic acids is 2. The van der Waals surface area contributed by atoms with Crippen LogP contribution in [0.5, 0.6) is 0 Å². The first-order chi connectivity index (χ1) is 16.1. The van der Waals surface area contributed by atoms with Gasteiger partial charge in [-0.15, -0.1) is 0 Å². The summed E-state index contributed by atoms with van der Waals surface area (Å²) in [6.07, 6.45) is 7.98. The van der Waals surface area contributed by atoms with Gasteiger partial charge in [0.15, 0.2) is 0 Å². The average Bonchev–Trinajstić information content (AvgIpc) is 3.33. The molecule has 2 aliphatic rings. The highest BCUT2D eigenvalue weighted by atomic mass is 16.5. The Kier molecular flexibility index (Phi) is 5.90. The molecule has 2 aromatic carbocycles. The zero-order chi connectivity index (χ0) is 22.8. The molecular formula is C25H29N5O3. The Bertz CT molecular complexity index is 1180. The van der Waals surface area contributed by atoms with E-state index >= 15 is 0 Å². The van der Waals surface area contributed by atoms with E-state index in [2.05, 4.69) is 38.8 Å². The number of nitrogens with one attached hydrogen (secondary N) is 2. The van der Waals surface area contributed by atoms with E-state index in [4.69, 9.17) is 4.74 Å². The Labute approximate surface area is 192 Å². The van der Waals surface area contributed by atoms with Crippen LogP contribution >= 0.6 is 0 Å². The number of anilines is 2. The monoisotopic (exact) mass is 447 g/mol. The van der Waals surface area contributed by atoms with E-state index in [0.29, 0.717) is 16.6 Å². The maximum atomic E-state index is 12.8. The number of aromatic nitrogens is 2. The normalized spacial score (nSPS) is 18.0. The van der Waals surface area contributed by atoms with Crippen LogP contribution in [-0.4, -0.2) is 42.1 Å². The third kappa shape index (κ3) is 4.25. The molecule has 1 aliphatic carbocycles. The van der Waals surface area contributed by atoms with Crippen molar-refractivity contribution < 1.29 is 14.3 Å². The second-order valence-corrected chi connectivity index (χ2v) is 8.74. The van der Waals surface area contributed by atoms with E-state index in [1.54, 1.807) is 24.4 Å². The Hall–Kier alpha value is -3.55. The minimum absolute atomic E-state index is 0.0184. The van der Waals surface area contributed by atoms with Crippen molar-refractivity contribution in [3.63, 3.8) is 0 Å². The number of benzene rings is 2. The van der Waals surface area contributed by atoms with Crippen molar-refractivity contribution in [3.05, 3.63) is 53.7 Å². The predicted molar refractivity (Wildman–Crippen MR) is 128 cm³/mol. The van der Waals surface area contributed by atoms with Gasteiger partial charge >= 0.3 is 12.1 Å². The van der Waals surface area contributed by atoms with Crippen molar-refractivity contribution in [1.82, 2.24) is 15.1 Å². The van der Waals surface area contributed by atoms with Crippen molar-refractivity contribution >= 4 is 34.4 Å². The third-order valence-corrected chi connectivity index (χ3v) is 6.69. The van der Waals surface area contributed by atoms with Gasteiger partial charge in [-0.1, -0.05) is 25.0 Å². The van der Waals surface area contributed by atoms with Gasteiger partial charge in [0, 0.05) is 24.2 Å². The number of ether oxygens (including phenoxy) is 1. The number of urea groups is 1. The molecule has 172 valence electrons. The lowest BCUT2D eigenvalue weighted by Crippen LogP contribution is -2.31. The van der Waals surface area contributed by atoms with Crippen LogP contribution in [0.15, 0.2) is 42.6 Å². The first-order valence-corrected chi connectivity index (χ1v) is 11.6. The number of amides is 2. The van der Waals surface area contributed by atoms with Crippen LogP contribution in [-0.2, 0) is 11.2 Å². The van der Waals surface area contributed by atoms with Crippen LogP contribution in [0.4, 0.5) is 21.0 Å². The third-order valence-electron chi connectivity index (χ3n) is 6.69. The first-order valence-electron chi connectivity index (χ1n) is 11.6. The molecule has 2 heterocycles. The van der Waals surface area contributed by atoms with Gasteiger partial charge in [0.1, 0.15) is 0 Å². The summed E-state index contributed by atoms with van der Waals surface area (Å²) in [5, 5.41) is 10.8. The number of fused-ring (bicyclic) bond motifs is 2. The summed E-state index contributed by atoms with van der Waals surface area (Å²) < 4.78 is 5.93. The summed E-state index contributed by atoms with van der Waals surface area (Å²) >= 11 is 0. The summed E-state index contributed by atoms with van der Waals surface area (Å²) in [4.78, 5) is 27.2. The molecule has 0 bridgehead atoms. The lowest BCUT2D eigenvalue weighted by Gasteiger charge is -2.24. The molecule has 3 aromatic rings. The maximum Gasteiger partial charge on any atom is 0.434 e. The molecular weight excluding hydrogens is 418 g/mol. The van der Waals surface area contributed by atoms with E-state index in [-0.39, 0.29) is 12.1 Å². The van der Waals surface area contributed by atoms with Gasteiger partial charge in [-0.2, -0.15) is 9.78 Å². The van der Waals surface area contributed by atoms with Gasteiger partial charge in [-0.05, 0) is 61.1 Å². The van der Waals surface area contributed by atoms with Gasteiger partial charge < -0.3 is 20.3 Å². The van der Waals surface area contributed by atoms with Crippen molar-refractivity contribution in [1.29, 1.82) is 0 Å². The number of nitrogens with zero attached hydrogens (tertiary/aromatic N) is 3. The van der Waals surface area contributed by atoms with Crippen molar-refractivity contribution in [2.75, 3.05) is 30.4 Å². The molecule has 1 atom stereocenters. The summed E-state index contributed by atoms with van der Waals surface area (Å²) in [6, 6.07) is 11.7. The Morgan fingerprint density at radius 3 is 2.70 bits per heavy atom. The average molecular weight is 448 g/mol. The Balaban J connectivity index is 1.28. The summed E-state index contributed by atoms with van der Waals surface area (Å²) in [5.74, 6) is 0. The second-order valence-electron chi connectivity index (χ2n) is 8.74. The zero-order valence-electron chi connectivity index (χ0n) is 18.8. The first kappa shape index (κ1) is 21.3. The van der Waals surface area contributed by atoms with Crippen molar-refractivity contribution in [2.24, 2.45) is 0 Å². The van der Waals surface area contributed by atoms with Crippen LogP contribution in [0.2, 0.25) is 0 Å². The Morgan fingerprint density at radius 2 is 1.91 bits per heavy atom. The van der Waals surface area contributed by atoms with E-state index in [1.807, 2.05) is 0 Å². The number of aryl methyl sites for hydroxylation is 1. The van der Waals surface area contributed by atoms with E-state index < -0.39 is 6.09 Å². The highest BCUT2D eigenvalue weighted by molar-refractivity contribution is 6.02. The fourth-order valence-electron chi connectivity index (χ4n) is 4.99. The molecule has 1 unspecified atom stereocenters. The molecule has 8 nitrogen and oxygen atoms in total. The molecule has 2 amide bonds. The Morgan fingerprint density at radius 1 is 1.09 bits per heavy atom. The highest BCUT2D eigenvalue weighted by Gasteiger charge is 2.25. The summed E-state index contributed by atoms with van der Waals surface area (Å²) in [7, 11) is 1.31. The van der Waals surface area contributed by atoms with Gasteiger partial charge in [0.2, 0.25) is 0 Å². The van der Waals surface area contributed by atoms with E-state index in [9.17, 15) is 9.59 Å². The van der Waals surface area contributed by atoms with Crippen molar-refractivity contribution in [3.8, 4) is 0 Å². The van der Waals surface area contributed by atoms with Gasteiger partial charge in [0.25, 0.3) is 0 Å². The minimum Gasteiger partial charge on any atom is -0.451 e. The molecule has 1 aromatic heterocycles. The number of rotatable bonds is 3. The molecule has 8 heteroatoms. The molecule has 0 spiro atoms. The van der Waals surface area contributed by atoms with E-state index in [1.165, 1.54) is 54.3 Å². The standard InChI is InChI=1S/C25H29N5O3/c1-33-25(32)30-23-8-6-7-21(20(23)16-26-30)27-24(31)28-22-12-9-17-15-18(10-11-19(17)22)29-13-4-2-3-5-14-29/h6-8,10-11,15-16,22H,2-5,9,12-14H2,1H3,(H2,27,28,31). The van der Waals surface area contributed by atoms with Crippen LogP contribution in [0, 0.1) is 0 Å². The number of hydrogen-bond acceptors (Lipinski definition) is 5. The quantitative estimate of drug-likeness (QED) is 0.600. The van der Waals surface area contributed by atoms with Crippen molar-refractivity contribution in [2.45, 2.75) is 44.6 Å². The largest absolute Gasteiger partial charge is 0.451 e.